The zero-order valence-electron chi connectivity index (χ0n) is 11.8. The van der Waals surface area contributed by atoms with E-state index in [-0.39, 0.29) is 0 Å². The van der Waals surface area contributed by atoms with E-state index in [0.29, 0.717) is 6.61 Å². The molecule has 0 amide bonds. The number of pyridine rings is 1. The van der Waals surface area contributed by atoms with Crippen LogP contribution < -0.4 is 4.74 Å². The molecule has 2 aromatic carbocycles. The summed E-state index contributed by atoms with van der Waals surface area (Å²) in [6, 6.07) is 16.4. The van der Waals surface area contributed by atoms with Crippen molar-refractivity contribution in [3.05, 3.63) is 71.4 Å². The van der Waals surface area contributed by atoms with Gasteiger partial charge in [0.2, 0.25) is 0 Å². The molecule has 20 heavy (non-hydrogen) atoms. The zero-order valence-corrected chi connectivity index (χ0v) is 11.8. The van der Waals surface area contributed by atoms with Crippen molar-refractivity contribution in [2.75, 3.05) is 0 Å². The predicted octanol–water partition coefficient (Wildman–Crippen LogP) is 4.43. The van der Waals surface area contributed by atoms with E-state index in [2.05, 4.69) is 55.2 Å². The lowest BCUT2D eigenvalue weighted by atomic mass is 10.1. The minimum Gasteiger partial charge on any atom is -0.488 e. The van der Waals surface area contributed by atoms with Gasteiger partial charge < -0.3 is 4.74 Å². The number of fused-ring (bicyclic) bond motifs is 1. The second kappa shape index (κ2) is 5.33. The van der Waals surface area contributed by atoms with E-state index in [1.807, 2.05) is 18.3 Å². The van der Waals surface area contributed by atoms with E-state index >= 15 is 0 Å². The molecule has 1 aromatic heterocycles. The largest absolute Gasteiger partial charge is 0.488 e. The summed E-state index contributed by atoms with van der Waals surface area (Å²) in [6.45, 7) is 4.69. The molecular formula is C18H17NO. The van der Waals surface area contributed by atoms with Crippen LogP contribution in [-0.2, 0) is 6.61 Å². The zero-order chi connectivity index (χ0) is 13.9. The van der Waals surface area contributed by atoms with Gasteiger partial charge in [0.15, 0.2) is 0 Å². The summed E-state index contributed by atoms with van der Waals surface area (Å²) in [4.78, 5) is 4.46. The summed E-state index contributed by atoms with van der Waals surface area (Å²) in [5.41, 5.74) is 4.46. The molecule has 0 fully saturated rings. The fourth-order valence-electron chi connectivity index (χ4n) is 2.46. The monoisotopic (exact) mass is 263 g/mol. The molecule has 0 bridgehead atoms. The van der Waals surface area contributed by atoms with Gasteiger partial charge in [-0.15, -0.1) is 0 Å². The molecule has 0 N–H and O–H groups in total. The van der Waals surface area contributed by atoms with E-state index in [4.69, 9.17) is 4.74 Å². The van der Waals surface area contributed by atoms with Crippen LogP contribution in [0.5, 0.6) is 5.75 Å². The Bertz CT molecular complexity index is 724. The molecule has 0 aliphatic heterocycles. The predicted molar refractivity (Wildman–Crippen MR) is 82.0 cm³/mol. The van der Waals surface area contributed by atoms with Gasteiger partial charge in [-0.1, -0.05) is 42.5 Å². The van der Waals surface area contributed by atoms with Crippen LogP contribution >= 0.6 is 0 Å². The Labute approximate surface area is 119 Å². The average molecular weight is 263 g/mol. The minimum absolute atomic E-state index is 0.542. The lowest BCUT2D eigenvalue weighted by molar-refractivity contribution is 0.303. The van der Waals surface area contributed by atoms with Gasteiger partial charge in [-0.3, -0.25) is 4.98 Å². The van der Waals surface area contributed by atoms with Crippen molar-refractivity contribution in [1.82, 2.24) is 4.98 Å². The number of aromatic nitrogens is 1. The van der Waals surface area contributed by atoms with Crippen LogP contribution in [0, 0.1) is 13.8 Å². The Balaban J connectivity index is 1.91. The fraction of sp³-hybridized carbons (Fsp3) is 0.167. The van der Waals surface area contributed by atoms with Gasteiger partial charge in [0.1, 0.15) is 12.4 Å². The third kappa shape index (κ3) is 2.37. The smallest absolute Gasteiger partial charge is 0.125 e. The quantitative estimate of drug-likeness (QED) is 0.697. The SMILES string of the molecule is Cc1cccc(C)c1OCc1cccc2cccnc12. The first-order valence-electron chi connectivity index (χ1n) is 6.77. The van der Waals surface area contributed by atoms with Crippen LogP contribution in [0.1, 0.15) is 16.7 Å². The first-order chi connectivity index (χ1) is 9.75. The van der Waals surface area contributed by atoms with Crippen LogP contribution in [0.3, 0.4) is 0 Å². The van der Waals surface area contributed by atoms with E-state index in [1.54, 1.807) is 0 Å². The lowest BCUT2D eigenvalue weighted by Crippen LogP contribution is -2.00. The summed E-state index contributed by atoms with van der Waals surface area (Å²) < 4.78 is 6.02. The van der Waals surface area contributed by atoms with Crippen molar-refractivity contribution in [2.45, 2.75) is 20.5 Å². The molecule has 3 rings (SSSR count). The van der Waals surface area contributed by atoms with Gasteiger partial charge in [-0.25, -0.2) is 0 Å². The Morgan fingerprint density at radius 3 is 2.40 bits per heavy atom. The van der Waals surface area contributed by atoms with Crippen LogP contribution in [0.25, 0.3) is 10.9 Å². The molecule has 0 aliphatic carbocycles. The molecule has 0 aliphatic rings. The van der Waals surface area contributed by atoms with Crippen molar-refractivity contribution >= 4 is 10.9 Å². The lowest BCUT2D eigenvalue weighted by Gasteiger charge is -2.12. The summed E-state index contributed by atoms with van der Waals surface area (Å²) >= 11 is 0. The fourth-order valence-corrected chi connectivity index (χ4v) is 2.46. The van der Waals surface area contributed by atoms with Crippen LogP contribution in [-0.4, -0.2) is 4.98 Å². The first-order valence-corrected chi connectivity index (χ1v) is 6.77. The summed E-state index contributed by atoms with van der Waals surface area (Å²) in [6.07, 6.45) is 1.82. The molecule has 1 heterocycles. The van der Waals surface area contributed by atoms with Gasteiger partial charge in [0, 0.05) is 17.1 Å². The second-order valence-corrected chi connectivity index (χ2v) is 5.00. The molecule has 100 valence electrons. The van der Waals surface area contributed by atoms with Crippen molar-refractivity contribution in [3.63, 3.8) is 0 Å². The van der Waals surface area contributed by atoms with E-state index < -0.39 is 0 Å². The number of hydrogen-bond acceptors (Lipinski definition) is 2. The standard InChI is InChI=1S/C18H17NO/c1-13-6-3-7-14(2)18(13)20-12-16-9-4-8-15-10-5-11-19-17(15)16/h3-11H,12H2,1-2H3. The van der Waals surface area contributed by atoms with Gasteiger partial charge in [-0.2, -0.15) is 0 Å². The third-order valence-electron chi connectivity index (χ3n) is 3.50. The van der Waals surface area contributed by atoms with Crippen molar-refractivity contribution in [3.8, 4) is 5.75 Å². The van der Waals surface area contributed by atoms with E-state index in [9.17, 15) is 0 Å². The highest BCUT2D eigenvalue weighted by molar-refractivity contribution is 5.81. The maximum Gasteiger partial charge on any atom is 0.125 e. The highest BCUT2D eigenvalue weighted by Gasteiger charge is 2.06. The second-order valence-electron chi connectivity index (χ2n) is 5.00. The van der Waals surface area contributed by atoms with E-state index in [1.165, 1.54) is 0 Å². The minimum atomic E-state index is 0.542. The Morgan fingerprint density at radius 1 is 0.900 bits per heavy atom. The topological polar surface area (TPSA) is 22.1 Å². The van der Waals surface area contributed by atoms with Gasteiger partial charge >= 0.3 is 0 Å². The normalized spacial score (nSPS) is 10.7. The first kappa shape index (κ1) is 12.7. The Hall–Kier alpha value is -2.35. The van der Waals surface area contributed by atoms with E-state index in [0.717, 1.165) is 33.3 Å². The summed E-state index contributed by atoms with van der Waals surface area (Å²) in [5, 5.41) is 1.15. The Kier molecular flexibility index (Phi) is 3.38. The van der Waals surface area contributed by atoms with Crippen LogP contribution in [0.4, 0.5) is 0 Å². The van der Waals surface area contributed by atoms with Crippen LogP contribution in [0.15, 0.2) is 54.7 Å². The molecule has 0 unspecified atom stereocenters. The number of benzene rings is 2. The van der Waals surface area contributed by atoms with Gasteiger partial charge in [0.25, 0.3) is 0 Å². The number of aryl methyl sites for hydroxylation is 2. The number of nitrogens with zero attached hydrogens (tertiary/aromatic N) is 1. The van der Waals surface area contributed by atoms with Crippen LogP contribution in [0.2, 0.25) is 0 Å². The van der Waals surface area contributed by atoms with Crippen molar-refractivity contribution in [1.29, 1.82) is 0 Å². The molecule has 0 radical (unpaired) electrons. The molecule has 0 spiro atoms. The highest BCUT2D eigenvalue weighted by atomic mass is 16.5. The van der Waals surface area contributed by atoms with Crippen molar-refractivity contribution < 1.29 is 4.74 Å². The maximum atomic E-state index is 6.02. The number of ether oxygens (including phenoxy) is 1. The molecule has 3 aromatic rings. The molecular weight excluding hydrogens is 246 g/mol. The number of hydrogen-bond donors (Lipinski definition) is 0. The molecule has 0 atom stereocenters. The molecule has 2 nitrogen and oxygen atoms in total. The van der Waals surface area contributed by atoms with Crippen molar-refractivity contribution in [2.24, 2.45) is 0 Å². The van der Waals surface area contributed by atoms with Gasteiger partial charge in [-0.05, 0) is 31.0 Å². The maximum absolute atomic E-state index is 6.02. The summed E-state index contributed by atoms with van der Waals surface area (Å²) in [7, 11) is 0. The van der Waals surface area contributed by atoms with Gasteiger partial charge in [0.05, 0.1) is 5.52 Å². The molecule has 0 saturated carbocycles. The third-order valence-corrected chi connectivity index (χ3v) is 3.50. The molecule has 0 saturated heterocycles. The summed E-state index contributed by atoms with van der Waals surface area (Å²) in [5.74, 6) is 0.973. The number of rotatable bonds is 3. The Morgan fingerprint density at radius 2 is 1.60 bits per heavy atom. The highest BCUT2D eigenvalue weighted by Crippen LogP contribution is 2.24. The average Bonchev–Trinajstić information content (AvgIpc) is 2.47. The molecule has 2 heteroatoms. The number of para-hydroxylation sites is 2.